The fourth-order valence-corrected chi connectivity index (χ4v) is 3.49. The van der Waals surface area contributed by atoms with E-state index in [9.17, 15) is 4.79 Å². The van der Waals surface area contributed by atoms with Gasteiger partial charge in [-0.2, -0.15) is 16.9 Å². The van der Waals surface area contributed by atoms with Gasteiger partial charge in [-0.1, -0.05) is 6.07 Å². The predicted octanol–water partition coefficient (Wildman–Crippen LogP) is 3.18. The maximum Gasteiger partial charge on any atom is 0.254 e. The molecule has 0 aliphatic rings. The second kappa shape index (κ2) is 8.26. The molecule has 3 heterocycles. The van der Waals surface area contributed by atoms with Crippen molar-refractivity contribution < 1.29 is 4.79 Å². The summed E-state index contributed by atoms with van der Waals surface area (Å²) in [5.74, 6) is 1.38. The number of thiophene rings is 1. The van der Waals surface area contributed by atoms with Gasteiger partial charge in [0.2, 0.25) is 0 Å². The molecule has 0 bridgehead atoms. The molecule has 0 unspecified atom stereocenters. The van der Waals surface area contributed by atoms with Gasteiger partial charge in [0.15, 0.2) is 0 Å². The zero-order valence-corrected chi connectivity index (χ0v) is 15.7. The zero-order valence-electron chi connectivity index (χ0n) is 14.1. The molecule has 0 spiro atoms. The number of aromatic nitrogens is 4. The summed E-state index contributed by atoms with van der Waals surface area (Å²) in [6.07, 6.45) is 6.29. The molecule has 3 aromatic rings. The first kappa shape index (κ1) is 17.6. The summed E-state index contributed by atoms with van der Waals surface area (Å²) in [5, 5.41) is 9.24. The lowest BCUT2D eigenvalue weighted by Gasteiger charge is -2.06. The zero-order chi connectivity index (χ0) is 17.6. The molecule has 0 aliphatic heterocycles. The van der Waals surface area contributed by atoms with E-state index in [4.69, 9.17) is 0 Å². The molecule has 25 heavy (non-hydrogen) atoms. The summed E-state index contributed by atoms with van der Waals surface area (Å²) in [5.41, 5.74) is 2.12. The Labute approximate surface area is 154 Å². The first-order chi connectivity index (χ1) is 12.2. The van der Waals surface area contributed by atoms with E-state index in [2.05, 4.69) is 26.6 Å². The molecule has 0 saturated carbocycles. The standard InChI is InChI=1S/C17H19N5OS2/c1-12-13(16(23)18-7-4-9-24-2)11-20-22(12)17-19-8-6-14(21-17)15-5-3-10-25-15/h3,5-6,8,10-11H,4,7,9H2,1-2H3,(H,18,23). The third-order valence-corrected chi connectivity index (χ3v) is 5.26. The molecule has 3 rings (SSSR count). The molecule has 1 amide bonds. The SMILES string of the molecule is CSCCCNC(=O)c1cnn(-c2nccc(-c3cccs3)n2)c1C. The van der Waals surface area contributed by atoms with Crippen LogP contribution in [0.2, 0.25) is 0 Å². The smallest absolute Gasteiger partial charge is 0.254 e. The fourth-order valence-electron chi connectivity index (χ4n) is 2.36. The molecule has 0 aromatic carbocycles. The van der Waals surface area contributed by atoms with E-state index in [1.807, 2.05) is 30.5 Å². The van der Waals surface area contributed by atoms with Gasteiger partial charge in [-0.3, -0.25) is 4.79 Å². The first-order valence-electron chi connectivity index (χ1n) is 7.89. The number of hydrogen-bond acceptors (Lipinski definition) is 6. The number of amides is 1. The second-order valence-electron chi connectivity index (χ2n) is 5.38. The lowest BCUT2D eigenvalue weighted by Crippen LogP contribution is -2.25. The molecule has 8 heteroatoms. The number of rotatable bonds is 7. The monoisotopic (exact) mass is 373 g/mol. The Morgan fingerprint density at radius 3 is 3.04 bits per heavy atom. The Kier molecular flexibility index (Phi) is 5.83. The van der Waals surface area contributed by atoms with Crippen LogP contribution in [0.25, 0.3) is 16.5 Å². The molecule has 0 fully saturated rings. The molecular formula is C17H19N5OS2. The third-order valence-electron chi connectivity index (χ3n) is 3.67. The number of nitrogens with one attached hydrogen (secondary N) is 1. The van der Waals surface area contributed by atoms with E-state index >= 15 is 0 Å². The maximum atomic E-state index is 12.3. The van der Waals surface area contributed by atoms with Crippen molar-refractivity contribution in [2.45, 2.75) is 13.3 Å². The lowest BCUT2D eigenvalue weighted by atomic mass is 10.2. The Balaban J connectivity index is 1.79. The van der Waals surface area contributed by atoms with Gasteiger partial charge in [-0.05, 0) is 42.9 Å². The number of hydrogen-bond donors (Lipinski definition) is 1. The van der Waals surface area contributed by atoms with Crippen molar-refractivity contribution in [3.8, 4) is 16.5 Å². The topological polar surface area (TPSA) is 72.7 Å². The minimum absolute atomic E-state index is 0.112. The number of nitrogens with zero attached hydrogens (tertiary/aromatic N) is 4. The van der Waals surface area contributed by atoms with Crippen LogP contribution < -0.4 is 5.32 Å². The molecule has 0 saturated heterocycles. The van der Waals surface area contributed by atoms with E-state index in [0.717, 1.165) is 28.4 Å². The minimum Gasteiger partial charge on any atom is -0.352 e. The van der Waals surface area contributed by atoms with E-state index in [0.29, 0.717) is 18.1 Å². The Bertz CT molecular complexity index is 845. The summed E-state index contributed by atoms with van der Waals surface area (Å²) >= 11 is 3.39. The van der Waals surface area contributed by atoms with Gasteiger partial charge >= 0.3 is 0 Å². The molecular weight excluding hydrogens is 354 g/mol. The quantitative estimate of drug-likeness (QED) is 0.644. The molecule has 130 valence electrons. The van der Waals surface area contributed by atoms with Crippen LogP contribution in [0.5, 0.6) is 0 Å². The highest BCUT2D eigenvalue weighted by Gasteiger charge is 2.16. The Morgan fingerprint density at radius 2 is 2.28 bits per heavy atom. The molecule has 0 atom stereocenters. The van der Waals surface area contributed by atoms with Crippen molar-refractivity contribution >= 4 is 29.0 Å². The van der Waals surface area contributed by atoms with Crippen LogP contribution in [0.4, 0.5) is 0 Å². The van der Waals surface area contributed by atoms with E-state index < -0.39 is 0 Å². The van der Waals surface area contributed by atoms with Crippen LogP contribution in [0.15, 0.2) is 36.0 Å². The molecule has 1 N–H and O–H groups in total. The summed E-state index contributed by atoms with van der Waals surface area (Å²) in [4.78, 5) is 22.3. The van der Waals surface area contributed by atoms with Crippen LogP contribution in [0, 0.1) is 6.92 Å². The first-order valence-corrected chi connectivity index (χ1v) is 10.2. The normalized spacial score (nSPS) is 10.8. The number of thioether (sulfide) groups is 1. The highest BCUT2D eigenvalue weighted by atomic mass is 32.2. The molecule has 6 nitrogen and oxygen atoms in total. The van der Waals surface area contributed by atoms with Crippen LogP contribution >= 0.6 is 23.1 Å². The van der Waals surface area contributed by atoms with Gasteiger partial charge in [0.1, 0.15) is 0 Å². The Morgan fingerprint density at radius 1 is 1.40 bits per heavy atom. The van der Waals surface area contributed by atoms with Gasteiger partial charge in [0.05, 0.1) is 28.0 Å². The van der Waals surface area contributed by atoms with Crippen molar-refractivity contribution in [3.05, 3.63) is 47.2 Å². The molecule has 0 aliphatic carbocycles. The maximum absolute atomic E-state index is 12.3. The molecule has 3 aromatic heterocycles. The summed E-state index contributed by atoms with van der Waals surface area (Å²) in [6, 6.07) is 5.87. The second-order valence-corrected chi connectivity index (χ2v) is 7.31. The van der Waals surface area contributed by atoms with Crippen molar-refractivity contribution in [3.63, 3.8) is 0 Å². The van der Waals surface area contributed by atoms with Gasteiger partial charge in [0.25, 0.3) is 11.9 Å². The van der Waals surface area contributed by atoms with Crippen molar-refractivity contribution in [2.24, 2.45) is 0 Å². The van der Waals surface area contributed by atoms with E-state index in [-0.39, 0.29) is 5.91 Å². The average Bonchev–Trinajstić information content (AvgIpc) is 3.28. The lowest BCUT2D eigenvalue weighted by molar-refractivity contribution is 0.0953. The number of carbonyl (C=O) groups is 1. The van der Waals surface area contributed by atoms with Crippen LogP contribution in [0.1, 0.15) is 22.5 Å². The van der Waals surface area contributed by atoms with Gasteiger partial charge < -0.3 is 5.32 Å². The molecule has 0 radical (unpaired) electrons. The largest absolute Gasteiger partial charge is 0.352 e. The van der Waals surface area contributed by atoms with Crippen LogP contribution in [-0.2, 0) is 0 Å². The van der Waals surface area contributed by atoms with E-state index in [1.54, 1.807) is 40.2 Å². The van der Waals surface area contributed by atoms with Crippen LogP contribution in [-0.4, -0.2) is 44.2 Å². The highest BCUT2D eigenvalue weighted by Crippen LogP contribution is 2.23. The van der Waals surface area contributed by atoms with Crippen molar-refractivity contribution in [2.75, 3.05) is 18.6 Å². The van der Waals surface area contributed by atoms with Crippen LogP contribution in [0.3, 0.4) is 0 Å². The summed E-state index contributed by atoms with van der Waals surface area (Å²) in [7, 11) is 0. The highest BCUT2D eigenvalue weighted by molar-refractivity contribution is 7.98. The third kappa shape index (κ3) is 4.08. The van der Waals surface area contributed by atoms with E-state index in [1.165, 1.54) is 0 Å². The summed E-state index contributed by atoms with van der Waals surface area (Å²) < 4.78 is 1.61. The van der Waals surface area contributed by atoms with Crippen molar-refractivity contribution in [1.29, 1.82) is 0 Å². The van der Waals surface area contributed by atoms with Crippen molar-refractivity contribution in [1.82, 2.24) is 25.1 Å². The van der Waals surface area contributed by atoms with Gasteiger partial charge in [-0.15, -0.1) is 11.3 Å². The number of carbonyl (C=O) groups excluding carboxylic acids is 1. The minimum atomic E-state index is -0.112. The van der Waals surface area contributed by atoms with Gasteiger partial charge in [-0.25, -0.2) is 14.6 Å². The average molecular weight is 374 g/mol. The van der Waals surface area contributed by atoms with Gasteiger partial charge in [0, 0.05) is 12.7 Å². The predicted molar refractivity (Wildman–Crippen MR) is 103 cm³/mol. The fraction of sp³-hybridized carbons (Fsp3) is 0.294. The summed E-state index contributed by atoms with van der Waals surface area (Å²) in [6.45, 7) is 2.51. The Hall–Kier alpha value is -2.19.